The highest BCUT2D eigenvalue weighted by Crippen LogP contribution is 2.26. The lowest BCUT2D eigenvalue weighted by atomic mass is 9.99. The quantitative estimate of drug-likeness (QED) is 0.782. The van der Waals surface area contributed by atoms with Crippen molar-refractivity contribution < 1.29 is 15.0 Å². The number of nitriles is 1. The Morgan fingerprint density at radius 1 is 1.53 bits per heavy atom. The molecule has 0 aliphatic heterocycles. The van der Waals surface area contributed by atoms with Crippen LogP contribution in [0.15, 0.2) is 12.1 Å². The number of hydrogen-bond donors (Lipinski definition) is 2. The SMILES string of the molecule is CCc1ccc(C#N)c(CC(=O)O)c1O. The number of carboxylic acid groups (broad SMARTS) is 1. The number of aliphatic carboxylic acids is 1. The van der Waals surface area contributed by atoms with E-state index < -0.39 is 5.97 Å². The largest absolute Gasteiger partial charge is 0.507 e. The maximum absolute atomic E-state index is 10.6. The van der Waals surface area contributed by atoms with Crippen LogP contribution < -0.4 is 0 Å². The molecule has 0 aliphatic rings. The van der Waals surface area contributed by atoms with Crippen LogP contribution >= 0.6 is 0 Å². The summed E-state index contributed by atoms with van der Waals surface area (Å²) in [6, 6.07) is 5.05. The molecule has 0 bridgehead atoms. The van der Waals surface area contributed by atoms with Crippen LogP contribution in [0.3, 0.4) is 0 Å². The zero-order valence-corrected chi connectivity index (χ0v) is 8.32. The van der Waals surface area contributed by atoms with Crippen LogP contribution in [0.2, 0.25) is 0 Å². The number of carboxylic acids is 1. The fraction of sp³-hybridized carbons (Fsp3) is 0.273. The third-order valence-corrected chi connectivity index (χ3v) is 2.20. The van der Waals surface area contributed by atoms with Gasteiger partial charge < -0.3 is 10.2 Å². The van der Waals surface area contributed by atoms with Gasteiger partial charge in [-0.1, -0.05) is 13.0 Å². The van der Waals surface area contributed by atoms with E-state index in [2.05, 4.69) is 0 Å². The number of rotatable bonds is 3. The summed E-state index contributed by atoms with van der Waals surface area (Å²) < 4.78 is 0. The Morgan fingerprint density at radius 2 is 2.20 bits per heavy atom. The van der Waals surface area contributed by atoms with Gasteiger partial charge in [0.25, 0.3) is 0 Å². The van der Waals surface area contributed by atoms with Crippen molar-refractivity contribution in [3.8, 4) is 11.8 Å². The average Bonchev–Trinajstić information content (AvgIpc) is 2.20. The Bertz CT molecular complexity index is 432. The number of aryl methyl sites for hydroxylation is 1. The molecule has 78 valence electrons. The molecule has 0 atom stereocenters. The van der Waals surface area contributed by atoms with Crippen LogP contribution in [0.5, 0.6) is 5.75 Å². The molecule has 0 saturated carbocycles. The molecule has 0 unspecified atom stereocenters. The Morgan fingerprint density at radius 3 is 2.67 bits per heavy atom. The van der Waals surface area contributed by atoms with Crippen molar-refractivity contribution in [2.45, 2.75) is 19.8 Å². The monoisotopic (exact) mass is 205 g/mol. The van der Waals surface area contributed by atoms with E-state index >= 15 is 0 Å². The van der Waals surface area contributed by atoms with Crippen LogP contribution in [0.1, 0.15) is 23.6 Å². The Labute approximate surface area is 87.4 Å². The Balaban J connectivity index is 3.30. The molecule has 0 saturated heterocycles. The van der Waals surface area contributed by atoms with Crippen LogP contribution in [-0.4, -0.2) is 16.2 Å². The van der Waals surface area contributed by atoms with Crippen LogP contribution in [0, 0.1) is 11.3 Å². The molecule has 1 aromatic carbocycles. The van der Waals surface area contributed by atoms with Gasteiger partial charge in [-0.15, -0.1) is 0 Å². The molecular weight excluding hydrogens is 194 g/mol. The van der Waals surface area contributed by atoms with Crippen molar-refractivity contribution in [3.63, 3.8) is 0 Å². The predicted octanol–water partition coefficient (Wildman–Crippen LogP) is 1.45. The zero-order valence-electron chi connectivity index (χ0n) is 8.32. The molecule has 15 heavy (non-hydrogen) atoms. The highest BCUT2D eigenvalue weighted by Gasteiger charge is 2.14. The van der Waals surface area contributed by atoms with Gasteiger partial charge in [0.2, 0.25) is 0 Å². The summed E-state index contributed by atoms with van der Waals surface area (Å²) in [7, 11) is 0. The molecule has 0 heterocycles. The number of phenols is 1. The van der Waals surface area contributed by atoms with E-state index in [0.717, 1.165) is 0 Å². The molecule has 0 fully saturated rings. The number of nitrogens with zero attached hydrogens (tertiary/aromatic N) is 1. The van der Waals surface area contributed by atoms with Crippen molar-refractivity contribution in [3.05, 3.63) is 28.8 Å². The molecule has 0 radical (unpaired) electrons. The molecule has 0 aliphatic carbocycles. The molecule has 1 rings (SSSR count). The van der Waals surface area contributed by atoms with Gasteiger partial charge in [0.15, 0.2) is 0 Å². The van der Waals surface area contributed by atoms with Crippen molar-refractivity contribution in [2.75, 3.05) is 0 Å². The first kappa shape index (κ1) is 11.1. The maximum atomic E-state index is 10.6. The highest BCUT2D eigenvalue weighted by atomic mass is 16.4. The highest BCUT2D eigenvalue weighted by molar-refractivity contribution is 5.73. The lowest BCUT2D eigenvalue weighted by Gasteiger charge is -2.08. The van der Waals surface area contributed by atoms with E-state index in [4.69, 9.17) is 10.4 Å². The Hall–Kier alpha value is -2.02. The minimum Gasteiger partial charge on any atom is -0.507 e. The second-order valence-electron chi connectivity index (χ2n) is 3.14. The van der Waals surface area contributed by atoms with Crippen LogP contribution in [0.25, 0.3) is 0 Å². The lowest BCUT2D eigenvalue weighted by Crippen LogP contribution is -2.04. The summed E-state index contributed by atoms with van der Waals surface area (Å²) in [5, 5.41) is 27.2. The summed E-state index contributed by atoms with van der Waals surface area (Å²) in [6.45, 7) is 1.85. The summed E-state index contributed by atoms with van der Waals surface area (Å²) in [6.07, 6.45) is 0.271. The van der Waals surface area contributed by atoms with Gasteiger partial charge in [-0.25, -0.2) is 0 Å². The van der Waals surface area contributed by atoms with Crippen molar-refractivity contribution in [2.24, 2.45) is 0 Å². The summed E-state index contributed by atoms with van der Waals surface area (Å²) in [5.74, 6) is -1.13. The van der Waals surface area contributed by atoms with Gasteiger partial charge >= 0.3 is 5.97 Å². The molecule has 4 heteroatoms. The summed E-state index contributed by atoms with van der Waals surface area (Å²) in [4.78, 5) is 10.6. The topological polar surface area (TPSA) is 81.3 Å². The molecule has 0 amide bonds. The minimum absolute atomic E-state index is 0.0704. The molecular formula is C11H11NO3. The molecule has 0 spiro atoms. The number of carbonyl (C=O) groups is 1. The molecule has 1 aromatic rings. The van der Waals surface area contributed by atoms with Gasteiger partial charge in [0.05, 0.1) is 18.1 Å². The standard InChI is InChI=1S/C11H11NO3/c1-2-7-3-4-8(6-12)9(11(7)15)5-10(13)14/h3-4,15H,2,5H2,1H3,(H,13,14). The second-order valence-corrected chi connectivity index (χ2v) is 3.14. The third-order valence-electron chi connectivity index (χ3n) is 2.20. The third kappa shape index (κ3) is 2.26. The van der Waals surface area contributed by atoms with E-state index in [1.807, 2.05) is 13.0 Å². The molecule has 0 aromatic heterocycles. The number of hydrogen-bond acceptors (Lipinski definition) is 3. The summed E-state index contributed by atoms with van der Waals surface area (Å²) >= 11 is 0. The molecule has 2 N–H and O–H groups in total. The van der Waals surface area contributed by atoms with E-state index in [9.17, 15) is 9.90 Å². The Kier molecular flexibility index (Phi) is 3.29. The maximum Gasteiger partial charge on any atom is 0.308 e. The average molecular weight is 205 g/mol. The number of aromatic hydroxyl groups is 1. The van der Waals surface area contributed by atoms with Crippen LogP contribution in [-0.2, 0) is 17.6 Å². The van der Waals surface area contributed by atoms with Crippen molar-refractivity contribution >= 4 is 5.97 Å². The van der Waals surface area contributed by atoms with Crippen LogP contribution in [0.4, 0.5) is 0 Å². The first-order valence-electron chi connectivity index (χ1n) is 4.55. The minimum atomic E-state index is -1.06. The van der Waals surface area contributed by atoms with Crippen molar-refractivity contribution in [1.82, 2.24) is 0 Å². The van der Waals surface area contributed by atoms with Gasteiger partial charge in [-0.2, -0.15) is 5.26 Å². The number of benzene rings is 1. The fourth-order valence-corrected chi connectivity index (χ4v) is 1.41. The number of phenolic OH excluding ortho intramolecular Hbond substituents is 1. The van der Waals surface area contributed by atoms with Crippen molar-refractivity contribution in [1.29, 1.82) is 5.26 Å². The second kappa shape index (κ2) is 4.47. The first-order valence-corrected chi connectivity index (χ1v) is 4.55. The van der Waals surface area contributed by atoms with E-state index in [1.54, 1.807) is 6.07 Å². The first-order chi connectivity index (χ1) is 7.10. The van der Waals surface area contributed by atoms with E-state index in [0.29, 0.717) is 12.0 Å². The van der Waals surface area contributed by atoms with Gasteiger partial charge in [-0.3, -0.25) is 4.79 Å². The van der Waals surface area contributed by atoms with E-state index in [-0.39, 0.29) is 23.3 Å². The van der Waals surface area contributed by atoms with Gasteiger partial charge in [0.1, 0.15) is 5.75 Å². The zero-order chi connectivity index (χ0) is 11.4. The van der Waals surface area contributed by atoms with Gasteiger partial charge in [-0.05, 0) is 18.1 Å². The smallest absolute Gasteiger partial charge is 0.308 e. The normalized spacial score (nSPS) is 9.60. The lowest BCUT2D eigenvalue weighted by molar-refractivity contribution is -0.136. The summed E-state index contributed by atoms with van der Waals surface area (Å²) in [5.41, 5.74) is 1.07. The fourth-order valence-electron chi connectivity index (χ4n) is 1.41. The van der Waals surface area contributed by atoms with Gasteiger partial charge in [0, 0.05) is 5.56 Å². The molecule has 4 nitrogen and oxygen atoms in total. The predicted molar refractivity (Wildman–Crippen MR) is 53.5 cm³/mol. The van der Waals surface area contributed by atoms with E-state index in [1.165, 1.54) is 6.07 Å².